The minimum atomic E-state index is -1.30. The van der Waals surface area contributed by atoms with Crippen molar-refractivity contribution in [2.45, 2.75) is 50.8 Å². The van der Waals surface area contributed by atoms with E-state index in [2.05, 4.69) is 153 Å². The fourth-order valence-electron chi connectivity index (χ4n) is 7.08. The van der Waals surface area contributed by atoms with E-state index in [9.17, 15) is 4.21 Å². The molecule has 6 aromatic rings. The van der Waals surface area contributed by atoms with Crippen LogP contribution in [0.3, 0.4) is 0 Å². The number of ether oxygens (including phenoxy) is 1. The van der Waals surface area contributed by atoms with Crippen molar-refractivity contribution in [2.24, 2.45) is 0 Å². The molecule has 0 saturated carbocycles. The van der Waals surface area contributed by atoms with E-state index in [1.165, 1.54) is 21.5 Å². The summed E-state index contributed by atoms with van der Waals surface area (Å²) in [7, 11) is -0.217. The molecule has 0 aromatic heterocycles. The lowest BCUT2D eigenvalue weighted by Gasteiger charge is -2.40. The molecular formula is C43H42NO2PS. The molecule has 0 amide bonds. The van der Waals surface area contributed by atoms with Gasteiger partial charge in [0.1, 0.15) is 22.5 Å². The zero-order valence-corrected chi connectivity index (χ0v) is 30.2. The van der Waals surface area contributed by atoms with Gasteiger partial charge in [-0.2, -0.15) is 0 Å². The zero-order chi connectivity index (χ0) is 33.6. The van der Waals surface area contributed by atoms with Crippen molar-refractivity contribution in [1.82, 2.24) is 4.31 Å². The maximum absolute atomic E-state index is 14.2. The summed E-state index contributed by atoms with van der Waals surface area (Å²) in [4.78, 5) is 0. The topological polar surface area (TPSA) is 29.5 Å². The molecule has 3 nitrogen and oxygen atoms in total. The zero-order valence-electron chi connectivity index (χ0n) is 28.5. The molecule has 0 saturated heterocycles. The van der Waals surface area contributed by atoms with Gasteiger partial charge >= 0.3 is 0 Å². The summed E-state index contributed by atoms with van der Waals surface area (Å²) in [6.07, 6.45) is 0. The highest BCUT2D eigenvalue weighted by molar-refractivity contribution is 7.84. The quantitative estimate of drug-likeness (QED) is 0.159. The van der Waals surface area contributed by atoms with Crippen LogP contribution >= 0.6 is 7.92 Å². The average Bonchev–Trinajstić information content (AvgIpc) is 3.09. The van der Waals surface area contributed by atoms with Crippen molar-refractivity contribution in [1.29, 1.82) is 0 Å². The Balaban J connectivity index is 1.47. The van der Waals surface area contributed by atoms with Gasteiger partial charge in [0.15, 0.2) is 0 Å². The molecule has 1 unspecified atom stereocenters. The van der Waals surface area contributed by atoms with Crippen molar-refractivity contribution in [3.63, 3.8) is 0 Å². The predicted octanol–water partition coefficient (Wildman–Crippen LogP) is 9.51. The van der Waals surface area contributed by atoms with Crippen molar-refractivity contribution in [3.05, 3.63) is 162 Å². The van der Waals surface area contributed by atoms with Crippen LogP contribution in [0.4, 0.5) is 0 Å². The maximum Gasteiger partial charge on any atom is 0.139 e. The van der Waals surface area contributed by atoms with E-state index in [0.29, 0.717) is 0 Å². The molecule has 0 N–H and O–H groups in total. The summed E-state index contributed by atoms with van der Waals surface area (Å²) in [5.41, 5.74) is 4.10. The summed E-state index contributed by atoms with van der Waals surface area (Å²) >= 11 is 0. The largest absolute Gasteiger partial charge is 0.456 e. The van der Waals surface area contributed by atoms with Crippen LogP contribution in [0.2, 0.25) is 0 Å². The second kappa shape index (κ2) is 12.7. The Labute approximate surface area is 289 Å². The lowest BCUT2D eigenvalue weighted by molar-refractivity contribution is 0.390. The van der Waals surface area contributed by atoms with E-state index in [-0.39, 0.29) is 11.5 Å². The van der Waals surface area contributed by atoms with Gasteiger partial charge in [-0.15, -0.1) is 0 Å². The Morgan fingerprint density at radius 2 is 1.17 bits per heavy atom. The van der Waals surface area contributed by atoms with Gasteiger partial charge in [0.25, 0.3) is 0 Å². The molecule has 0 spiro atoms. The second-order valence-electron chi connectivity index (χ2n) is 14.0. The molecule has 0 bridgehead atoms. The first kappa shape index (κ1) is 32.5. The molecule has 0 fully saturated rings. The van der Waals surface area contributed by atoms with Gasteiger partial charge < -0.3 is 4.74 Å². The normalized spacial score (nSPS) is 15.1. The third-order valence-corrected chi connectivity index (χ3v) is 13.7. The van der Waals surface area contributed by atoms with Crippen LogP contribution in [0.15, 0.2) is 140 Å². The third kappa shape index (κ3) is 5.71. The summed E-state index contributed by atoms with van der Waals surface area (Å²) in [5.74, 6) is 1.78. The van der Waals surface area contributed by atoms with Gasteiger partial charge in [-0.25, -0.2) is 8.51 Å². The second-order valence-corrected chi connectivity index (χ2v) is 18.5. The van der Waals surface area contributed by atoms with Crippen LogP contribution in [0, 0.1) is 0 Å². The van der Waals surface area contributed by atoms with Crippen LogP contribution in [-0.4, -0.2) is 20.3 Å². The van der Waals surface area contributed by atoms with E-state index in [1.807, 2.05) is 32.1 Å². The molecule has 1 aliphatic heterocycles. The number of para-hydroxylation sites is 2. The summed E-state index contributed by atoms with van der Waals surface area (Å²) in [6.45, 7) is 10.7. The molecule has 6 aromatic carbocycles. The van der Waals surface area contributed by atoms with Gasteiger partial charge in [-0.3, -0.25) is 0 Å². The lowest BCUT2D eigenvalue weighted by Crippen LogP contribution is -2.38. The van der Waals surface area contributed by atoms with E-state index >= 15 is 0 Å². The van der Waals surface area contributed by atoms with Crippen molar-refractivity contribution in [2.75, 3.05) is 7.05 Å². The monoisotopic (exact) mass is 667 g/mol. The number of rotatable bonds is 7. The highest BCUT2D eigenvalue weighted by atomic mass is 32.2. The predicted molar refractivity (Wildman–Crippen MR) is 205 cm³/mol. The van der Waals surface area contributed by atoms with Crippen LogP contribution in [-0.2, 0) is 16.4 Å². The molecule has 7 rings (SSSR count). The first-order chi connectivity index (χ1) is 23.1. The average molecular weight is 668 g/mol. The SMILES string of the molecule is CN([C@@H](c1cccc2c1Oc1c(P(c3ccccc3)c3ccccc3)cccc1C2(C)C)c1cccc2ccccc12)S(=O)C(C)(C)C. The molecular weight excluding hydrogens is 626 g/mol. The van der Waals surface area contributed by atoms with Crippen LogP contribution in [0.25, 0.3) is 10.8 Å². The van der Waals surface area contributed by atoms with Gasteiger partial charge in [0.05, 0.1) is 10.8 Å². The summed E-state index contributed by atoms with van der Waals surface area (Å²) < 4.78 is 23.1. The molecule has 1 heterocycles. The van der Waals surface area contributed by atoms with Crippen molar-refractivity contribution < 1.29 is 8.95 Å². The number of nitrogens with zero attached hydrogens (tertiary/aromatic N) is 1. The van der Waals surface area contributed by atoms with Gasteiger partial charge in [-0.05, 0) is 55.6 Å². The molecule has 48 heavy (non-hydrogen) atoms. The van der Waals surface area contributed by atoms with Crippen molar-refractivity contribution >= 4 is 45.6 Å². The smallest absolute Gasteiger partial charge is 0.139 e. The number of hydrogen-bond acceptors (Lipinski definition) is 2. The Morgan fingerprint density at radius 3 is 1.81 bits per heavy atom. The van der Waals surface area contributed by atoms with E-state index in [1.54, 1.807) is 0 Å². The van der Waals surface area contributed by atoms with Crippen LogP contribution in [0.5, 0.6) is 11.5 Å². The molecule has 0 radical (unpaired) electrons. The first-order valence-electron chi connectivity index (χ1n) is 16.5. The Hall–Kier alpha value is -4.08. The van der Waals surface area contributed by atoms with Gasteiger partial charge in [0, 0.05) is 34.5 Å². The Bertz CT molecular complexity index is 2080. The lowest BCUT2D eigenvalue weighted by atomic mass is 9.74. The minimum Gasteiger partial charge on any atom is -0.456 e. The fourth-order valence-corrected chi connectivity index (χ4v) is 10.8. The van der Waals surface area contributed by atoms with E-state index in [0.717, 1.165) is 39.0 Å². The standard InChI is InChI=1S/C43H42NO2PS/c1-42(2,3)48(45)44(6)39(34-25-15-19-30-18-13-14-24-33(30)34)35-26-16-27-36-40(35)46-41-37(43(36,4)5)28-17-29-38(41)47(31-20-9-7-10-21-31)32-22-11-8-12-23-32/h7-29,39H,1-6H3/t39-,48?/m1/s1. The fraction of sp³-hybridized carbons (Fsp3) is 0.209. The summed E-state index contributed by atoms with van der Waals surface area (Å²) in [6, 6.07) is 49.4. The van der Waals surface area contributed by atoms with E-state index < -0.39 is 23.7 Å². The molecule has 242 valence electrons. The highest BCUT2D eigenvalue weighted by Gasteiger charge is 2.41. The van der Waals surface area contributed by atoms with E-state index in [4.69, 9.17) is 4.74 Å². The highest BCUT2D eigenvalue weighted by Crippen LogP contribution is 2.53. The number of benzene rings is 6. The molecule has 2 atom stereocenters. The Morgan fingerprint density at radius 1 is 0.646 bits per heavy atom. The van der Waals surface area contributed by atoms with Crippen LogP contribution < -0.4 is 20.7 Å². The third-order valence-electron chi connectivity index (χ3n) is 9.42. The summed E-state index contributed by atoms with van der Waals surface area (Å²) in [5, 5.41) is 6.06. The van der Waals surface area contributed by atoms with Crippen molar-refractivity contribution in [3.8, 4) is 11.5 Å². The van der Waals surface area contributed by atoms with Gasteiger partial charge in [-0.1, -0.05) is 153 Å². The first-order valence-corrected chi connectivity index (χ1v) is 19.0. The Kier molecular flexibility index (Phi) is 8.62. The minimum absolute atomic E-state index is 0.319. The van der Waals surface area contributed by atoms with Gasteiger partial charge in [0.2, 0.25) is 0 Å². The molecule has 1 aliphatic rings. The van der Waals surface area contributed by atoms with Crippen LogP contribution in [0.1, 0.15) is 62.9 Å². The number of hydrogen-bond donors (Lipinski definition) is 0. The molecule has 0 aliphatic carbocycles. The maximum atomic E-state index is 14.2. The molecule has 5 heteroatoms. The number of fused-ring (bicyclic) bond motifs is 3.